The van der Waals surface area contributed by atoms with Crippen LogP contribution in [0.4, 0.5) is 0 Å². The van der Waals surface area contributed by atoms with Gasteiger partial charge in [0.2, 0.25) is 0 Å². The fourth-order valence-electron chi connectivity index (χ4n) is 8.34. The Morgan fingerprint density at radius 2 is 1.23 bits per heavy atom. The highest BCUT2D eigenvalue weighted by molar-refractivity contribution is 8.32. The molecule has 10 rings (SSSR count). The smallest absolute Gasteiger partial charge is 0.0560 e. The lowest BCUT2D eigenvalue weighted by Crippen LogP contribution is -2.47. The van der Waals surface area contributed by atoms with Gasteiger partial charge in [0.1, 0.15) is 0 Å². The van der Waals surface area contributed by atoms with Crippen molar-refractivity contribution in [2.45, 2.75) is 12.5 Å². The molecule has 0 bridgehead atoms. The lowest BCUT2D eigenvalue weighted by Gasteiger charge is -2.37. The standard InChI is InChI=1S/C42H29NP2S2/c46-44(30-15-5-2-6-16-30)37-21-9-10-22-38(37)45(47)39-23-11-18-31(41(39)33-19-12-24-40(44)42(33)45)28-25-26-36-34(27-28)32-17-7-8-20-35(32)43(36)29-13-3-1-4-14-29/h1-13,15-27,29H,14H2. The average Bonchev–Trinajstić information content (AvgIpc) is 3.61. The molecule has 0 spiro atoms. The molecule has 1 aliphatic carbocycles. The molecule has 3 aliphatic rings. The summed E-state index contributed by atoms with van der Waals surface area (Å²) in [5, 5.41) is 10.3. The van der Waals surface area contributed by atoms with Crippen LogP contribution in [0.5, 0.6) is 0 Å². The van der Waals surface area contributed by atoms with Gasteiger partial charge in [0, 0.05) is 60.4 Å². The first-order valence-corrected chi connectivity index (χ1v) is 21.7. The molecule has 5 heteroatoms. The third kappa shape index (κ3) is 3.67. The van der Waals surface area contributed by atoms with E-state index in [0.29, 0.717) is 6.04 Å². The van der Waals surface area contributed by atoms with E-state index in [1.165, 1.54) is 75.9 Å². The molecule has 6 aromatic carbocycles. The molecule has 0 radical (unpaired) electrons. The predicted molar refractivity (Wildman–Crippen MR) is 212 cm³/mol. The molecule has 1 nitrogen and oxygen atoms in total. The summed E-state index contributed by atoms with van der Waals surface area (Å²) < 4.78 is 2.52. The van der Waals surface area contributed by atoms with Crippen molar-refractivity contribution < 1.29 is 0 Å². The molecule has 7 aromatic rings. The highest BCUT2D eigenvalue weighted by atomic mass is 32.4. The zero-order chi connectivity index (χ0) is 31.3. The lowest BCUT2D eigenvalue weighted by molar-refractivity contribution is 0.648. The van der Waals surface area contributed by atoms with Gasteiger partial charge in [-0.15, -0.1) is 0 Å². The van der Waals surface area contributed by atoms with Crippen molar-refractivity contribution in [2.75, 3.05) is 0 Å². The van der Waals surface area contributed by atoms with Crippen molar-refractivity contribution in [3.8, 4) is 22.3 Å². The summed E-state index contributed by atoms with van der Waals surface area (Å²) in [4.78, 5) is 0. The molecule has 224 valence electrons. The molecule has 2 aliphatic heterocycles. The molecule has 0 saturated carbocycles. The first-order chi connectivity index (χ1) is 23.1. The normalized spacial score (nSPS) is 21.9. The number of hydrogen-bond acceptors (Lipinski definition) is 2. The summed E-state index contributed by atoms with van der Waals surface area (Å²) >= 11 is 13.9. The Bertz CT molecular complexity index is 2630. The maximum Gasteiger partial charge on any atom is 0.0560 e. The van der Waals surface area contributed by atoms with Crippen LogP contribution in [0, 0.1) is 0 Å². The molecule has 3 atom stereocenters. The highest BCUT2D eigenvalue weighted by Crippen LogP contribution is 2.60. The number of aromatic nitrogens is 1. The van der Waals surface area contributed by atoms with Gasteiger partial charge in [0.15, 0.2) is 0 Å². The summed E-state index contributed by atoms with van der Waals surface area (Å²) in [6.07, 6.45) is 9.91. The first-order valence-electron chi connectivity index (χ1n) is 16.1. The highest BCUT2D eigenvalue weighted by Gasteiger charge is 2.48. The van der Waals surface area contributed by atoms with Crippen LogP contribution in [0.1, 0.15) is 12.5 Å². The Kier molecular flexibility index (Phi) is 6.07. The van der Waals surface area contributed by atoms with Gasteiger partial charge in [0.25, 0.3) is 0 Å². The zero-order valence-electron chi connectivity index (χ0n) is 25.5. The van der Waals surface area contributed by atoms with Crippen LogP contribution in [-0.4, -0.2) is 4.57 Å². The van der Waals surface area contributed by atoms with E-state index in [0.717, 1.165) is 6.42 Å². The van der Waals surface area contributed by atoms with Gasteiger partial charge in [-0.3, -0.25) is 0 Å². The fraction of sp³-hybridized carbons (Fsp3) is 0.0476. The zero-order valence-corrected chi connectivity index (χ0v) is 28.9. The van der Waals surface area contributed by atoms with E-state index in [4.69, 9.17) is 23.6 Å². The van der Waals surface area contributed by atoms with E-state index in [-0.39, 0.29) is 0 Å². The van der Waals surface area contributed by atoms with Crippen LogP contribution >= 0.6 is 12.1 Å². The van der Waals surface area contributed by atoms with Crippen LogP contribution in [0.3, 0.4) is 0 Å². The maximum atomic E-state index is 7.02. The number of nitrogens with zero attached hydrogens (tertiary/aromatic N) is 1. The van der Waals surface area contributed by atoms with Gasteiger partial charge < -0.3 is 4.57 Å². The largest absolute Gasteiger partial charge is 0.333 e. The number of benzene rings is 6. The SMILES string of the molecule is S=P1(c2ccccc2)c2ccccc2P2(=S)c3cccc(-c4ccc5c(c4)c4ccccc4n5C4C=CC=CC4)c3-c3cccc1c32. The fourth-order valence-corrected chi connectivity index (χ4v) is 19.8. The van der Waals surface area contributed by atoms with Gasteiger partial charge in [-0.05, 0) is 52.2 Å². The molecule has 1 aromatic heterocycles. The maximum absolute atomic E-state index is 7.02. The summed E-state index contributed by atoms with van der Waals surface area (Å²) in [6, 6.07) is 44.9. The second-order valence-electron chi connectivity index (χ2n) is 12.7. The van der Waals surface area contributed by atoms with E-state index in [1.807, 2.05) is 0 Å². The molecular weight excluding hydrogens is 645 g/mol. The molecule has 47 heavy (non-hydrogen) atoms. The van der Waals surface area contributed by atoms with Crippen molar-refractivity contribution in [3.63, 3.8) is 0 Å². The summed E-state index contributed by atoms with van der Waals surface area (Å²) in [5.41, 5.74) is 7.60. The minimum atomic E-state index is -2.34. The second-order valence-corrected chi connectivity index (χ2v) is 21.3. The minimum Gasteiger partial charge on any atom is -0.333 e. The van der Waals surface area contributed by atoms with Crippen molar-refractivity contribution in [3.05, 3.63) is 158 Å². The van der Waals surface area contributed by atoms with Crippen LogP contribution < -0.4 is 31.8 Å². The molecule has 0 N–H and O–H groups in total. The molecule has 3 heterocycles. The molecule has 0 amide bonds. The minimum absolute atomic E-state index is 0.304. The second kappa shape index (κ2) is 10.2. The number of fused-ring (bicyclic) bond motifs is 8. The number of rotatable bonds is 3. The van der Waals surface area contributed by atoms with Crippen LogP contribution in [-0.2, 0) is 23.6 Å². The quantitative estimate of drug-likeness (QED) is 0.174. The van der Waals surface area contributed by atoms with Crippen molar-refractivity contribution in [1.82, 2.24) is 4.57 Å². The molecule has 0 saturated heterocycles. The van der Waals surface area contributed by atoms with Crippen molar-refractivity contribution >= 4 is 89.3 Å². The number of hydrogen-bond donors (Lipinski definition) is 0. The monoisotopic (exact) mass is 673 g/mol. The predicted octanol–water partition coefficient (Wildman–Crippen LogP) is 8.32. The van der Waals surface area contributed by atoms with Crippen molar-refractivity contribution in [2.24, 2.45) is 0 Å². The molecule has 0 fully saturated rings. The third-order valence-electron chi connectivity index (χ3n) is 10.3. The molecular formula is C42H29NP2S2. The third-order valence-corrected chi connectivity index (χ3v) is 20.6. The van der Waals surface area contributed by atoms with Crippen LogP contribution in [0.15, 0.2) is 158 Å². The summed E-state index contributed by atoms with van der Waals surface area (Å²) in [7, 11) is 0. The van der Waals surface area contributed by atoms with E-state index in [2.05, 4.69) is 162 Å². The molecule has 3 unspecified atom stereocenters. The van der Waals surface area contributed by atoms with Crippen molar-refractivity contribution in [1.29, 1.82) is 0 Å². The van der Waals surface area contributed by atoms with Gasteiger partial charge in [-0.2, -0.15) is 0 Å². The van der Waals surface area contributed by atoms with Gasteiger partial charge in [-0.25, -0.2) is 0 Å². The summed E-state index contributed by atoms with van der Waals surface area (Å²) in [6.45, 7) is 0. The van der Waals surface area contributed by atoms with E-state index < -0.39 is 12.1 Å². The Labute approximate surface area is 284 Å². The summed E-state index contributed by atoms with van der Waals surface area (Å²) in [5.74, 6) is 0. The van der Waals surface area contributed by atoms with E-state index >= 15 is 0 Å². The van der Waals surface area contributed by atoms with Gasteiger partial charge >= 0.3 is 0 Å². The Morgan fingerprint density at radius 3 is 2.04 bits per heavy atom. The van der Waals surface area contributed by atoms with E-state index in [9.17, 15) is 0 Å². The Balaban J connectivity index is 1.25. The van der Waals surface area contributed by atoms with Crippen LogP contribution in [0.2, 0.25) is 0 Å². The first kappa shape index (κ1) is 28.0. The topological polar surface area (TPSA) is 4.93 Å². The van der Waals surface area contributed by atoms with Gasteiger partial charge in [-0.1, -0.05) is 163 Å². The van der Waals surface area contributed by atoms with Crippen LogP contribution in [0.25, 0.3) is 44.1 Å². The van der Waals surface area contributed by atoms with Gasteiger partial charge in [0.05, 0.1) is 6.04 Å². The average molecular weight is 674 g/mol. The van der Waals surface area contributed by atoms with E-state index in [1.54, 1.807) is 0 Å². The Hall–Kier alpha value is -4.10. The lowest BCUT2D eigenvalue weighted by atomic mass is 9.94. The number of para-hydroxylation sites is 1. The number of allylic oxidation sites excluding steroid dienone is 4. The Morgan fingerprint density at radius 1 is 0.553 bits per heavy atom.